The van der Waals surface area contributed by atoms with E-state index >= 15 is 0 Å². The Bertz CT molecular complexity index is 558. The number of benzene rings is 1. The summed E-state index contributed by atoms with van der Waals surface area (Å²) in [6, 6.07) is 7.70. The molecular weight excluding hydrogens is 332 g/mol. The molecule has 1 saturated heterocycles. The third-order valence-corrected chi connectivity index (χ3v) is 5.09. The molecule has 3 rings (SSSR count). The molecule has 2 fully saturated rings. The van der Waals surface area contributed by atoms with Crippen LogP contribution in [0.4, 0.5) is 5.69 Å². The summed E-state index contributed by atoms with van der Waals surface area (Å²) in [5.74, 6) is 0.374. The van der Waals surface area contributed by atoms with Crippen LogP contribution in [0.15, 0.2) is 28.7 Å². The molecule has 0 aromatic heterocycles. The lowest BCUT2D eigenvalue weighted by molar-refractivity contribution is -0.139. The number of imide groups is 1. The number of nitrogens with one attached hydrogen (secondary N) is 1. The highest BCUT2D eigenvalue weighted by Gasteiger charge is 2.49. The lowest BCUT2D eigenvalue weighted by Crippen LogP contribution is -2.35. The molecule has 1 N–H and O–H groups in total. The van der Waals surface area contributed by atoms with Crippen molar-refractivity contribution in [3.63, 3.8) is 0 Å². The van der Waals surface area contributed by atoms with Crippen molar-refractivity contribution in [3.8, 4) is 0 Å². The second-order valence-corrected chi connectivity index (χ2v) is 6.99. The molecule has 1 aliphatic heterocycles. The average Bonchev–Trinajstić information content (AvgIpc) is 2.70. The summed E-state index contributed by atoms with van der Waals surface area (Å²) >= 11 is 3.38. The number of fused-ring (bicyclic) bond motifs is 1. The molecule has 2 amide bonds. The van der Waals surface area contributed by atoms with Crippen LogP contribution in [0.1, 0.15) is 26.2 Å². The lowest BCUT2D eigenvalue weighted by Gasteiger charge is -2.25. The largest absolute Gasteiger partial charge is 0.367 e. The number of amides is 2. The third-order valence-electron chi connectivity index (χ3n) is 4.56. The van der Waals surface area contributed by atoms with E-state index < -0.39 is 0 Å². The van der Waals surface area contributed by atoms with Gasteiger partial charge in [0.15, 0.2) is 0 Å². The van der Waals surface area contributed by atoms with Gasteiger partial charge in [0.2, 0.25) is 11.8 Å². The number of rotatable bonds is 3. The fourth-order valence-corrected chi connectivity index (χ4v) is 3.62. The van der Waals surface area contributed by atoms with Crippen molar-refractivity contribution in [3.05, 3.63) is 28.7 Å². The van der Waals surface area contributed by atoms with E-state index in [1.807, 2.05) is 24.3 Å². The number of hydrogen-bond acceptors (Lipinski definition) is 3. The maximum absolute atomic E-state index is 12.4. The SMILES string of the molecule is CC1CCC2C(=O)N(CNc3ccc(Br)cc3)C(=O)C2C1. The summed E-state index contributed by atoms with van der Waals surface area (Å²) in [7, 11) is 0. The van der Waals surface area contributed by atoms with Crippen LogP contribution in [0.25, 0.3) is 0 Å². The summed E-state index contributed by atoms with van der Waals surface area (Å²) < 4.78 is 1.00. The van der Waals surface area contributed by atoms with Gasteiger partial charge < -0.3 is 5.32 Å². The maximum atomic E-state index is 12.4. The Labute approximate surface area is 133 Å². The van der Waals surface area contributed by atoms with Crippen LogP contribution in [0.3, 0.4) is 0 Å². The fourth-order valence-electron chi connectivity index (χ4n) is 3.35. The predicted octanol–water partition coefficient (Wildman–Crippen LogP) is 3.24. The van der Waals surface area contributed by atoms with Crippen LogP contribution in [-0.2, 0) is 9.59 Å². The van der Waals surface area contributed by atoms with Crippen LogP contribution in [0.2, 0.25) is 0 Å². The van der Waals surface area contributed by atoms with Gasteiger partial charge in [-0.05, 0) is 49.4 Å². The molecule has 0 radical (unpaired) electrons. The van der Waals surface area contributed by atoms with Crippen molar-refractivity contribution in [1.29, 1.82) is 0 Å². The standard InChI is InChI=1S/C16H19BrN2O2/c1-10-2-7-13-14(8-10)16(21)19(15(13)20)9-18-12-5-3-11(17)4-6-12/h3-6,10,13-14,18H,2,7-9H2,1H3. The molecule has 0 bridgehead atoms. The Kier molecular flexibility index (Phi) is 4.02. The minimum atomic E-state index is -0.0898. The lowest BCUT2D eigenvalue weighted by atomic mass is 9.76. The minimum Gasteiger partial charge on any atom is -0.367 e. The van der Waals surface area contributed by atoms with Gasteiger partial charge in [-0.2, -0.15) is 0 Å². The van der Waals surface area contributed by atoms with Gasteiger partial charge in [-0.3, -0.25) is 14.5 Å². The van der Waals surface area contributed by atoms with Crippen LogP contribution in [0.5, 0.6) is 0 Å². The monoisotopic (exact) mass is 350 g/mol. The van der Waals surface area contributed by atoms with E-state index in [0.717, 1.165) is 29.4 Å². The fraction of sp³-hybridized carbons (Fsp3) is 0.500. The topological polar surface area (TPSA) is 49.4 Å². The van der Waals surface area contributed by atoms with E-state index in [2.05, 4.69) is 28.2 Å². The number of carbonyl (C=O) groups excluding carboxylic acids is 2. The molecule has 2 aliphatic rings. The maximum Gasteiger partial charge on any atom is 0.234 e. The Hall–Kier alpha value is -1.36. The van der Waals surface area contributed by atoms with Gasteiger partial charge in [-0.1, -0.05) is 22.9 Å². The number of nitrogens with zero attached hydrogens (tertiary/aromatic N) is 1. The quantitative estimate of drug-likeness (QED) is 0.851. The van der Waals surface area contributed by atoms with E-state index in [-0.39, 0.29) is 30.3 Å². The molecule has 1 heterocycles. The van der Waals surface area contributed by atoms with E-state index in [4.69, 9.17) is 0 Å². The Morgan fingerprint density at radius 1 is 1.14 bits per heavy atom. The predicted molar refractivity (Wildman–Crippen MR) is 84.5 cm³/mol. The number of likely N-dealkylation sites (tertiary alicyclic amines) is 1. The third kappa shape index (κ3) is 2.84. The Balaban J connectivity index is 1.67. The van der Waals surface area contributed by atoms with Gasteiger partial charge >= 0.3 is 0 Å². The summed E-state index contributed by atoms with van der Waals surface area (Å²) in [5.41, 5.74) is 0.905. The number of hydrogen-bond donors (Lipinski definition) is 1. The molecule has 1 aromatic rings. The van der Waals surface area contributed by atoms with Crippen molar-refractivity contribution in [2.45, 2.75) is 26.2 Å². The van der Waals surface area contributed by atoms with Crippen molar-refractivity contribution in [2.75, 3.05) is 12.0 Å². The first-order valence-corrected chi connectivity index (χ1v) is 8.20. The molecule has 1 aromatic carbocycles. The highest BCUT2D eigenvalue weighted by atomic mass is 79.9. The van der Waals surface area contributed by atoms with Crippen molar-refractivity contribution in [2.24, 2.45) is 17.8 Å². The van der Waals surface area contributed by atoms with Gasteiger partial charge in [-0.25, -0.2) is 0 Å². The number of anilines is 1. The first-order valence-electron chi connectivity index (χ1n) is 7.41. The summed E-state index contributed by atoms with van der Waals surface area (Å²) in [6.07, 6.45) is 2.75. The molecule has 3 unspecified atom stereocenters. The van der Waals surface area contributed by atoms with Crippen molar-refractivity contribution < 1.29 is 9.59 Å². The van der Waals surface area contributed by atoms with Gasteiger partial charge in [0.05, 0.1) is 18.5 Å². The first kappa shape index (κ1) is 14.6. The smallest absolute Gasteiger partial charge is 0.234 e. The van der Waals surface area contributed by atoms with Gasteiger partial charge in [0.1, 0.15) is 0 Å². The Morgan fingerprint density at radius 3 is 2.52 bits per heavy atom. The number of carbonyl (C=O) groups is 2. The van der Waals surface area contributed by atoms with E-state index in [0.29, 0.717) is 5.92 Å². The molecule has 3 atom stereocenters. The van der Waals surface area contributed by atoms with Gasteiger partial charge in [0, 0.05) is 10.2 Å². The van der Waals surface area contributed by atoms with E-state index in [1.54, 1.807) is 0 Å². The van der Waals surface area contributed by atoms with E-state index in [9.17, 15) is 9.59 Å². The second kappa shape index (κ2) is 5.79. The molecule has 0 spiro atoms. The van der Waals surface area contributed by atoms with Crippen LogP contribution < -0.4 is 5.32 Å². The van der Waals surface area contributed by atoms with Crippen LogP contribution in [-0.4, -0.2) is 23.4 Å². The zero-order chi connectivity index (χ0) is 15.0. The van der Waals surface area contributed by atoms with Gasteiger partial charge in [0.25, 0.3) is 0 Å². The molecule has 21 heavy (non-hydrogen) atoms. The summed E-state index contributed by atoms with van der Waals surface area (Å²) in [6.45, 7) is 2.43. The van der Waals surface area contributed by atoms with Gasteiger partial charge in [-0.15, -0.1) is 0 Å². The zero-order valence-electron chi connectivity index (χ0n) is 12.0. The Morgan fingerprint density at radius 2 is 1.81 bits per heavy atom. The van der Waals surface area contributed by atoms with E-state index in [1.165, 1.54) is 4.90 Å². The van der Waals surface area contributed by atoms with Crippen molar-refractivity contribution in [1.82, 2.24) is 4.90 Å². The average molecular weight is 351 g/mol. The van der Waals surface area contributed by atoms with Crippen LogP contribution in [0, 0.1) is 17.8 Å². The zero-order valence-corrected chi connectivity index (χ0v) is 13.6. The molecule has 1 aliphatic carbocycles. The molecule has 112 valence electrons. The summed E-state index contributed by atoms with van der Waals surface area (Å²) in [5, 5.41) is 3.16. The highest BCUT2D eigenvalue weighted by molar-refractivity contribution is 9.10. The minimum absolute atomic E-state index is 0.00108. The number of halogens is 1. The molecular formula is C16H19BrN2O2. The molecule has 1 saturated carbocycles. The van der Waals surface area contributed by atoms with Crippen molar-refractivity contribution >= 4 is 33.4 Å². The first-order chi connectivity index (χ1) is 10.1. The molecule has 4 nitrogen and oxygen atoms in total. The highest BCUT2D eigenvalue weighted by Crippen LogP contribution is 2.40. The molecule has 5 heteroatoms. The summed E-state index contributed by atoms with van der Waals surface area (Å²) in [4.78, 5) is 26.2. The second-order valence-electron chi connectivity index (χ2n) is 6.08. The van der Waals surface area contributed by atoms with Crippen LogP contribution >= 0.6 is 15.9 Å². The normalized spacial score (nSPS) is 28.7.